The Bertz CT molecular complexity index is 992. The molecular weight excluding hydrogens is 510 g/mol. The van der Waals surface area contributed by atoms with Gasteiger partial charge >= 0.3 is 17.8 Å². The number of rotatable bonds is 10. The molecule has 2 aliphatic heterocycles. The van der Waals surface area contributed by atoms with Gasteiger partial charge in [-0.05, 0) is 36.1 Å². The molecule has 35 heavy (non-hydrogen) atoms. The molecule has 0 saturated heterocycles. The van der Waals surface area contributed by atoms with Crippen LogP contribution in [-0.2, 0) is 9.59 Å². The average Bonchev–Trinajstić information content (AvgIpc) is 3.40. The number of hydrogen-bond donors (Lipinski definition) is 0. The van der Waals surface area contributed by atoms with E-state index in [9.17, 15) is 18.4 Å². The van der Waals surface area contributed by atoms with Crippen LogP contribution >= 0.6 is 23.5 Å². The van der Waals surface area contributed by atoms with E-state index < -0.39 is 38.4 Å². The number of hydrogen-bond acceptors (Lipinski definition) is 4. The molecule has 1 saturated carbocycles. The molecule has 2 atom stereocenters. The molecule has 0 amide bonds. The normalized spacial score (nSPS) is 31.7. The zero-order chi connectivity index (χ0) is 25.9. The predicted molar refractivity (Wildman–Crippen MR) is 126 cm³/mol. The van der Waals surface area contributed by atoms with Crippen molar-refractivity contribution in [2.45, 2.75) is 92.5 Å². The van der Waals surface area contributed by atoms with E-state index in [2.05, 4.69) is 0 Å². The Morgan fingerprint density at radius 2 is 1.06 bits per heavy atom. The van der Waals surface area contributed by atoms with Crippen molar-refractivity contribution in [3.8, 4) is 0 Å². The summed E-state index contributed by atoms with van der Waals surface area (Å²) in [6.45, 7) is 3.88. The van der Waals surface area contributed by atoms with Crippen molar-refractivity contribution in [1.82, 2.24) is 0 Å². The number of fused-ring (bicyclic) bond motifs is 4. The summed E-state index contributed by atoms with van der Waals surface area (Å²) < 4.78 is 88.1. The fourth-order valence-electron chi connectivity index (χ4n) is 5.81. The molecule has 0 N–H and O–H groups in total. The summed E-state index contributed by atoms with van der Waals surface area (Å²) in [7, 11) is 0. The molecule has 2 nitrogen and oxygen atoms in total. The number of halogens is 6. The number of allylic oxidation sites excluding steroid dienone is 6. The van der Waals surface area contributed by atoms with E-state index in [-0.39, 0.29) is 33.8 Å². The number of carbonyl (C=O) groups is 2. The van der Waals surface area contributed by atoms with E-state index in [1.165, 1.54) is 0 Å². The minimum atomic E-state index is -5.65. The second-order valence-electron chi connectivity index (χ2n) is 9.40. The minimum Gasteiger partial charge on any atom is -0.297 e. The molecule has 0 radical (unpaired) electrons. The summed E-state index contributed by atoms with van der Waals surface area (Å²) in [5.74, 6) is -15.9. The van der Waals surface area contributed by atoms with Gasteiger partial charge in [0.2, 0.25) is 0 Å². The monoisotopic (exact) mass is 536 g/mol. The number of aldehydes is 2. The van der Waals surface area contributed by atoms with Gasteiger partial charge in [-0.15, -0.1) is 23.5 Å². The lowest BCUT2D eigenvalue weighted by molar-refractivity contribution is -0.258. The van der Waals surface area contributed by atoms with E-state index >= 15 is 17.6 Å². The van der Waals surface area contributed by atoms with E-state index in [0.29, 0.717) is 38.3 Å². The molecule has 0 aromatic heterocycles. The predicted octanol–water partition coefficient (Wildman–Crippen LogP) is 7.81. The van der Waals surface area contributed by atoms with Crippen molar-refractivity contribution >= 4 is 36.1 Å². The van der Waals surface area contributed by atoms with Crippen LogP contribution in [-0.4, -0.2) is 39.8 Å². The molecule has 2 unspecified atom stereocenters. The summed E-state index contributed by atoms with van der Waals surface area (Å²) in [6.07, 6.45) is 7.58. The third-order valence-electron chi connectivity index (χ3n) is 7.38. The highest BCUT2D eigenvalue weighted by Gasteiger charge is 2.84. The standard InChI is InChI=1S/C25H26F6O2S2/c1-3-5-7-9-21-17(11-15(13-32)34-21)19-20(24(28,29)25(30,31)23(19,26)27)18-12-16(14-33)35-22(18,21)10-8-6-4-2/h11-14H,3-10H2,1-2H3. The maximum absolute atomic E-state index is 15.3. The molecule has 10 heteroatoms. The van der Waals surface area contributed by atoms with Gasteiger partial charge in [-0.25, -0.2) is 0 Å². The number of carbonyl (C=O) groups excluding carboxylic acids is 2. The molecular formula is C25H26F6O2S2. The van der Waals surface area contributed by atoms with Crippen LogP contribution in [0.3, 0.4) is 0 Å². The highest BCUT2D eigenvalue weighted by Crippen LogP contribution is 2.75. The van der Waals surface area contributed by atoms with Crippen molar-refractivity contribution in [3.63, 3.8) is 0 Å². The molecule has 0 bridgehead atoms. The van der Waals surface area contributed by atoms with Gasteiger partial charge in [0.15, 0.2) is 12.6 Å². The first kappa shape index (κ1) is 26.6. The van der Waals surface area contributed by atoms with E-state index in [1.807, 2.05) is 13.8 Å². The zero-order valence-electron chi connectivity index (χ0n) is 19.4. The Hall–Kier alpha value is -1.42. The second kappa shape index (κ2) is 8.85. The first-order valence-electron chi connectivity index (χ1n) is 11.8. The zero-order valence-corrected chi connectivity index (χ0v) is 21.0. The van der Waals surface area contributed by atoms with Crippen LogP contribution in [0.15, 0.2) is 44.3 Å². The van der Waals surface area contributed by atoms with Gasteiger partial charge in [0.1, 0.15) is 0 Å². The van der Waals surface area contributed by atoms with Crippen LogP contribution in [0.2, 0.25) is 0 Å². The maximum Gasteiger partial charge on any atom is 0.380 e. The quantitative estimate of drug-likeness (QED) is 0.162. The molecule has 2 aliphatic carbocycles. The Balaban J connectivity index is 2.11. The Morgan fingerprint density at radius 3 is 1.37 bits per heavy atom. The van der Waals surface area contributed by atoms with Gasteiger partial charge < -0.3 is 0 Å². The summed E-state index contributed by atoms with van der Waals surface area (Å²) in [5.41, 5.74) is -3.38. The van der Waals surface area contributed by atoms with E-state index in [0.717, 1.165) is 48.5 Å². The summed E-state index contributed by atoms with van der Waals surface area (Å²) in [5, 5.41) is 0. The fraction of sp³-hybridized carbons (Fsp3) is 0.600. The van der Waals surface area contributed by atoms with Gasteiger partial charge in [-0.1, -0.05) is 52.4 Å². The summed E-state index contributed by atoms with van der Waals surface area (Å²) in [4.78, 5) is 23.7. The highest BCUT2D eigenvalue weighted by molar-refractivity contribution is 8.10. The highest BCUT2D eigenvalue weighted by atomic mass is 32.2. The SMILES string of the molecule is CCCCCC12SC(C=O)=CC1=C1C(=C3C=C(C=O)SC32CCCCC)C(F)(F)C(F)(F)C1(F)F. The smallest absolute Gasteiger partial charge is 0.297 e. The van der Waals surface area contributed by atoms with Crippen LogP contribution in [0.4, 0.5) is 26.3 Å². The minimum absolute atomic E-state index is 0.0361. The summed E-state index contributed by atoms with van der Waals surface area (Å²) >= 11 is 1.99. The third-order valence-corrected chi connectivity index (χ3v) is 10.7. The van der Waals surface area contributed by atoms with Crippen LogP contribution in [0, 0.1) is 0 Å². The average molecular weight is 537 g/mol. The van der Waals surface area contributed by atoms with Gasteiger partial charge in [0, 0.05) is 21.0 Å². The molecule has 2 heterocycles. The van der Waals surface area contributed by atoms with E-state index in [4.69, 9.17) is 0 Å². The van der Waals surface area contributed by atoms with Crippen LogP contribution in [0.25, 0.3) is 0 Å². The van der Waals surface area contributed by atoms with Crippen LogP contribution in [0.5, 0.6) is 0 Å². The number of unbranched alkanes of at least 4 members (excludes halogenated alkanes) is 4. The van der Waals surface area contributed by atoms with Crippen molar-refractivity contribution in [2.24, 2.45) is 0 Å². The lowest BCUT2D eigenvalue weighted by Gasteiger charge is -2.51. The van der Waals surface area contributed by atoms with Crippen LogP contribution < -0.4 is 0 Å². The van der Waals surface area contributed by atoms with Crippen molar-refractivity contribution in [1.29, 1.82) is 0 Å². The van der Waals surface area contributed by atoms with E-state index in [1.54, 1.807) is 0 Å². The molecule has 4 aliphatic rings. The number of alkyl halides is 6. The van der Waals surface area contributed by atoms with Crippen molar-refractivity contribution < 1.29 is 35.9 Å². The van der Waals surface area contributed by atoms with Crippen molar-refractivity contribution in [2.75, 3.05) is 0 Å². The third kappa shape index (κ3) is 3.33. The molecule has 0 aromatic rings. The number of thioether (sulfide) groups is 2. The topological polar surface area (TPSA) is 34.1 Å². The Kier molecular flexibility index (Phi) is 6.74. The first-order chi connectivity index (χ1) is 16.4. The Morgan fingerprint density at radius 1 is 0.686 bits per heavy atom. The Labute approximate surface area is 208 Å². The molecule has 0 spiro atoms. The van der Waals surface area contributed by atoms with Crippen molar-refractivity contribution in [3.05, 3.63) is 44.3 Å². The molecule has 4 rings (SSSR count). The fourth-order valence-corrected chi connectivity index (χ4v) is 9.10. The lowest BCUT2D eigenvalue weighted by Crippen LogP contribution is -2.53. The van der Waals surface area contributed by atoms with Gasteiger partial charge in [-0.3, -0.25) is 9.59 Å². The maximum atomic E-state index is 15.3. The lowest BCUT2D eigenvalue weighted by atomic mass is 9.66. The second-order valence-corrected chi connectivity index (χ2v) is 12.1. The largest absolute Gasteiger partial charge is 0.380 e. The summed E-state index contributed by atoms with van der Waals surface area (Å²) in [6, 6.07) is 0. The van der Waals surface area contributed by atoms with Gasteiger partial charge in [-0.2, -0.15) is 26.3 Å². The van der Waals surface area contributed by atoms with Crippen LogP contribution in [0.1, 0.15) is 65.2 Å². The van der Waals surface area contributed by atoms with Gasteiger partial charge in [0.25, 0.3) is 0 Å². The first-order valence-corrected chi connectivity index (χ1v) is 13.4. The molecule has 0 aromatic carbocycles. The molecule has 192 valence electrons. The van der Waals surface area contributed by atoms with Gasteiger partial charge in [0.05, 0.1) is 9.49 Å². The molecule has 1 fully saturated rings.